The van der Waals surface area contributed by atoms with Crippen LogP contribution < -0.4 is 10.6 Å². The van der Waals surface area contributed by atoms with E-state index in [1.807, 2.05) is 0 Å². The number of carbonyl (C=O) groups excluding carboxylic acids is 1. The van der Waals surface area contributed by atoms with E-state index in [1.54, 1.807) is 25.3 Å². The monoisotopic (exact) mass is 327 g/mol. The van der Waals surface area contributed by atoms with Crippen LogP contribution in [-0.4, -0.2) is 43.8 Å². The summed E-state index contributed by atoms with van der Waals surface area (Å²) in [4.78, 5) is 16.4. The molecule has 22 heavy (non-hydrogen) atoms. The van der Waals surface area contributed by atoms with Crippen LogP contribution in [0.3, 0.4) is 0 Å². The van der Waals surface area contributed by atoms with Crippen LogP contribution in [0.15, 0.2) is 22.6 Å². The zero-order valence-electron chi connectivity index (χ0n) is 12.1. The number of halogens is 1. The highest BCUT2D eigenvalue weighted by Crippen LogP contribution is 2.20. The van der Waals surface area contributed by atoms with Gasteiger partial charge in [0.15, 0.2) is 5.58 Å². The lowest BCUT2D eigenvalue weighted by Crippen LogP contribution is -2.45. The number of morpholine rings is 1. The number of anilines is 1. The first-order chi connectivity index (χ1) is 10.3. The molecule has 0 unspecified atom stereocenters. The topological polar surface area (TPSA) is 85.6 Å². The normalized spacial score (nSPS) is 18.0. The average Bonchev–Trinajstić information content (AvgIpc) is 2.90. The summed E-state index contributed by atoms with van der Waals surface area (Å²) in [6.45, 7) is 2.16. The van der Waals surface area contributed by atoms with Gasteiger partial charge in [-0.3, -0.25) is 4.79 Å². The molecule has 0 aliphatic carbocycles. The van der Waals surface area contributed by atoms with Gasteiger partial charge in [0.05, 0.1) is 6.61 Å². The number of ether oxygens (including phenoxy) is 2. The summed E-state index contributed by atoms with van der Waals surface area (Å²) in [5, 5.41) is 5.95. The second-order valence-electron chi connectivity index (χ2n) is 4.78. The van der Waals surface area contributed by atoms with Crippen molar-refractivity contribution in [3.63, 3.8) is 0 Å². The highest BCUT2D eigenvalue weighted by molar-refractivity contribution is 5.95. The van der Waals surface area contributed by atoms with Crippen molar-refractivity contribution in [1.29, 1.82) is 0 Å². The lowest BCUT2D eigenvalue weighted by Gasteiger charge is -2.22. The molecule has 0 saturated carbocycles. The third kappa shape index (κ3) is 3.75. The van der Waals surface area contributed by atoms with Gasteiger partial charge < -0.3 is 24.5 Å². The van der Waals surface area contributed by atoms with Gasteiger partial charge in [0.25, 0.3) is 5.91 Å². The van der Waals surface area contributed by atoms with E-state index in [-0.39, 0.29) is 18.3 Å². The van der Waals surface area contributed by atoms with Crippen molar-refractivity contribution in [1.82, 2.24) is 10.3 Å². The highest BCUT2D eigenvalue weighted by atomic mass is 35.5. The zero-order chi connectivity index (χ0) is 14.7. The minimum atomic E-state index is -0.462. The van der Waals surface area contributed by atoms with Crippen molar-refractivity contribution in [3.05, 3.63) is 24.1 Å². The van der Waals surface area contributed by atoms with Gasteiger partial charge in [0, 0.05) is 25.9 Å². The van der Waals surface area contributed by atoms with Gasteiger partial charge in [-0.05, 0) is 18.2 Å². The summed E-state index contributed by atoms with van der Waals surface area (Å²) in [6, 6.07) is 5.32. The Morgan fingerprint density at radius 3 is 3.14 bits per heavy atom. The van der Waals surface area contributed by atoms with Crippen LogP contribution in [0.2, 0.25) is 0 Å². The van der Waals surface area contributed by atoms with Crippen LogP contribution in [0.25, 0.3) is 11.1 Å². The Balaban J connectivity index is 0.00000176. The molecule has 2 heterocycles. The molecular formula is C14H18ClN3O4. The van der Waals surface area contributed by atoms with E-state index in [2.05, 4.69) is 15.6 Å². The summed E-state index contributed by atoms with van der Waals surface area (Å²) >= 11 is 0. The van der Waals surface area contributed by atoms with Crippen molar-refractivity contribution < 1.29 is 18.7 Å². The van der Waals surface area contributed by atoms with Crippen LogP contribution in [0.5, 0.6) is 0 Å². The maximum atomic E-state index is 12.1. The molecular weight excluding hydrogens is 310 g/mol. The second kappa shape index (κ2) is 7.55. The molecule has 1 aliphatic rings. The minimum Gasteiger partial charge on any atom is -0.438 e. The molecule has 1 aromatic heterocycles. The number of fused-ring (bicyclic) bond motifs is 1. The van der Waals surface area contributed by atoms with Gasteiger partial charge in [-0.2, -0.15) is 0 Å². The fourth-order valence-corrected chi connectivity index (χ4v) is 2.19. The van der Waals surface area contributed by atoms with Gasteiger partial charge in [0.1, 0.15) is 18.2 Å². The molecule has 1 aromatic carbocycles. The van der Waals surface area contributed by atoms with Crippen molar-refractivity contribution >= 4 is 35.1 Å². The molecule has 2 N–H and O–H groups in total. The molecule has 1 atom stereocenters. The number of hydrogen-bond donors (Lipinski definition) is 2. The van der Waals surface area contributed by atoms with E-state index in [0.29, 0.717) is 42.4 Å². The Hall–Kier alpha value is -1.67. The molecule has 1 fully saturated rings. The zero-order valence-corrected chi connectivity index (χ0v) is 12.9. The summed E-state index contributed by atoms with van der Waals surface area (Å²) < 4.78 is 15.9. The molecule has 7 nitrogen and oxygen atoms in total. The lowest BCUT2D eigenvalue weighted by molar-refractivity contribution is -0.128. The standard InChI is InChI=1S/C14H17N3O4.ClH/c1-19-8-13-17-10-6-9(2-3-11(10)21-13)16-14(18)12-7-15-4-5-20-12;/h2-3,6,12,15H,4-5,7-8H2,1H3,(H,16,18);1H/t12-;/m1./s1. The second-order valence-corrected chi connectivity index (χ2v) is 4.78. The number of hydrogen-bond acceptors (Lipinski definition) is 6. The molecule has 0 spiro atoms. The first-order valence-corrected chi connectivity index (χ1v) is 6.78. The van der Waals surface area contributed by atoms with Crippen LogP contribution in [-0.2, 0) is 20.9 Å². The summed E-state index contributed by atoms with van der Waals surface area (Å²) in [5.74, 6) is 0.345. The molecule has 8 heteroatoms. The third-order valence-corrected chi connectivity index (χ3v) is 3.19. The van der Waals surface area contributed by atoms with Crippen LogP contribution in [0.1, 0.15) is 5.89 Å². The number of benzene rings is 1. The summed E-state index contributed by atoms with van der Waals surface area (Å²) in [7, 11) is 1.58. The first kappa shape index (κ1) is 16.7. The van der Waals surface area contributed by atoms with Crippen molar-refractivity contribution in [2.45, 2.75) is 12.7 Å². The summed E-state index contributed by atoms with van der Waals surface area (Å²) in [5.41, 5.74) is 2.01. The SMILES string of the molecule is COCc1nc2cc(NC(=O)[C@H]3CNCCO3)ccc2o1.Cl. The fraction of sp³-hybridized carbons (Fsp3) is 0.429. The van der Waals surface area contributed by atoms with Crippen molar-refractivity contribution in [2.75, 3.05) is 32.1 Å². The molecule has 120 valence electrons. The number of nitrogens with zero attached hydrogens (tertiary/aromatic N) is 1. The number of methoxy groups -OCH3 is 1. The van der Waals surface area contributed by atoms with Crippen LogP contribution in [0, 0.1) is 0 Å². The molecule has 1 aliphatic heterocycles. The van der Waals surface area contributed by atoms with Gasteiger partial charge in [-0.1, -0.05) is 0 Å². The van der Waals surface area contributed by atoms with E-state index < -0.39 is 6.10 Å². The van der Waals surface area contributed by atoms with Gasteiger partial charge in [-0.25, -0.2) is 4.98 Å². The van der Waals surface area contributed by atoms with Gasteiger partial charge in [-0.15, -0.1) is 12.4 Å². The smallest absolute Gasteiger partial charge is 0.254 e. The van der Waals surface area contributed by atoms with E-state index in [1.165, 1.54) is 0 Å². The van der Waals surface area contributed by atoms with E-state index in [0.717, 1.165) is 6.54 Å². The fourth-order valence-electron chi connectivity index (χ4n) is 2.19. The van der Waals surface area contributed by atoms with Crippen LogP contribution in [0.4, 0.5) is 5.69 Å². The van der Waals surface area contributed by atoms with E-state index >= 15 is 0 Å². The minimum absolute atomic E-state index is 0. The maximum absolute atomic E-state index is 12.1. The number of aromatic nitrogens is 1. The Kier molecular flexibility index (Phi) is 5.73. The molecule has 0 radical (unpaired) electrons. The van der Waals surface area contributed by atoms with E-state index in [9.17, 15) is 4.79 Å². The largest absolute Gasteiger partial charge is 0.438 e. The quantitative estimate of drug-likeness (QED) is 0.881. The highest BCUT2D eigenvalue weighted by Gasteiger charge is 2.21. The lowest BCUT2D eigenvalue weighted by atomic mass is 10.2. The van der Waals surface area contributed by atoms with Crippen LogP contribution >= 0.6 is 12.4 Å². The molecule has 2 aromatic rings. The number of carbonyl (C=O) groups is 1. The van der Waals surface area contributed by atoms with Gasteiger partial charge in [0.2, 0.25) is 5.89 Å². The molecule has 1 amide bonds. The number of nitrogens with one attached hydrogen (secondary N) is 2. The van der Waals surface area contributed by atoms with E-state index in [4.69, 9.17) is 13.9 Å². The van der Waals surface area contributed by atoms with Crippen molar-refractivity contribution in [3.8, 4) is 0 Å². The Morgan fingerprint density at radius 2 is 2.41 bits per heavy atom. The Morgan fingerprint density at radius 1 is 1.55 bits per heavy atom. The molecule has 1 saturated heterocycles. The molecule has 0 bridgehead atoms. The predicted octanol–water partition coefficient (Wildman–Crippen LogP) is 1.32. The number of rotatable bonds is 4. The average molecular weight is 328 g/mol. The van der Waals surface area contributed by atoms with Crippen molar-refractivity contribution in [2.24, 2.45) is 0 Å². The summed E-state index contributed by atoms with van der Waals surface area (Å²) in [6.07, 6.45) is -0.462. The number of amides is 1. The Bertz CT molecular complexity index is 640. The maximum Gasteiger partial charge on any atom is 0.254 e. The van der Waals surface area contributed by atoms with Gasteiger partial charge >= 0.3 is 0 Å². The number of oxazole rings is 1. The predicted molar refractivity (Wildman–Crippen MR) is 83.2 cm³/mol. The first-order valence-electron chi connectivity index (χ1n) is 6.78. The molecule has 3 rings (SSSR count). The third-order valence-electron chi connectivity index (χ3n) is 3.19. The Labute approximate surface area is 133 Å².